The molecule has 2 heteroatoms. The fraction of sp³-hybridized carbons (Fsp3) is 0.333. The van der Waals surface area contributed by atoms with Crippen molar-refractivity contribution in [2.75, 3.05) is 5.32 Å². The van der Waals surface area contributed by atoms with Crippen LogP contribution in [-0.2, 0) is 5.41 Å². The van der Waals surface area contributed by atoms with Crippen LogP contribution < -0.4 is 5.32 Å². The highest BCUT2D eigenvalue weighted by Crippen LogP contribution is 2.48. The minimum absolute atomic E-state index is 0.0125. The van der Waals surface area contributed by atoms with E-state index in [4.69, 9.17) is 11.6 Å². The highest BCUT2D eigenvalue weighted by molar-refractivity contribution is 6.31. The van der Waals surface area contributed by atoms with Crippen LogP contribution in [0.15, 0.2) is 36.4 Å². The third kappa shape index (κ3) is 1.92. The largest absolute Gasteiger partial charge is 0.355 e. The van der Waals surface area contributed by atoms with Crippen LogP contribution in [0, 0.1) is 0 Å². The molecule has 1 aliphatic heterocycles. The van der Waals surface area contributed by atoms with Gasteiger partial charge in [0.15, 0.2) is 0 Å². The summed E-state index contributed by atoms with van der Waals surface area (Å²) < 4.78 is 0. The molecule has 2 aromatic rings. The van der Waals surface area contributed by atoms with Gasteiger partial charge in [-0.15, -0.1) is 0 Å². The number of fused-ring (bicyclic) bond motifs is 2. The van der Waals surface area contributed by atoms with E-state index in [-0.39, 0.29) is 5.41 Å². The minimum Gasteiger partial charge on any atom is -0.355 e. The molecule has 1 nitrogen and oxygen atoms in total. The van der Waals surface area contributed by atoms with Crippen LogP contribution in [-0.4, -0.2) is 0 Å². The number of halogens is 1. The summed E-state index contributed by atoms with van der Waals surface area (Å²) in [4.78, 5) is 0. The van der Waals surface area contributed by atoms with Crippen LogP contribution in [0.25, 0.3) is 0 Å². The Kier molecular flexibility index (Phi) is 3.06. The smallest absolute Gasteiger partial charge is 0.0443 e. The second-order valence-electron chi connectivity index (χ2n) is 6.37. The molecule has 104 valence electrons. The maximum absolute atomic E-state index is 6.31. The lowest BCUT2D eigenvalue weighted by atomic mass is 9.71. The molecular weight excluding hydrogens is 266 g/mol. The molecule has 1 heterocycles. The van der Waals surface area contributed by atoms with Gasteiger partial charge < -0.3 is 5.32 Å². The van der Waals surface area contributed by atoms with Gasteiger partial charge in [0, 0.05) is 21.8 Å². The van der Waals surface area contributed by atoms with Gasteiger partial charge in [-0.3, -0.25) is 0 Å². The van der Waals surface area contributed by atoms with Gasteiger partial charge in [0.1, 0.15) is 0 Å². The van der Waals surface area contributed by atoms with Gasteiger partial charge in [-0.2, -0.15) is 0 Å². The van der Waals surface area contributed by atoms with Crippen LogP contribution in [0.4, 0.5) is 11.4 Å². The second kappa shape index (κ2) is 4.53. The summed E-state index contributed by atoms with van der Waals surface area (Å²) in [7, 11) is 0. The minimum atomic E-state index is -0.0125. The van der Waals surface area contributed by atoms with Crippen LogP contribution in [0.1, 0.15) is 50.3 Å². The molecule has 2 aromatic carbocycles. The fourth-order valence-electron chi connectivity index (χ4n) is 3.30. The standard InChI is InChI=1S/C18H20ClN/c1-11(2)13-9-12(19)10-16-17(13)18(3,4)14-7-5-6-8-15(14)20-16/h5-11,20H,1-4H3. The Morgan fingerprint density at radius 2 is 1.75 bits per heavy atom. The predicted molar refractivity (Wildman–Crippen MR) is 87.4 cm³/mol. The lowest BCUT2D eigenvalue weighted by Crippen LogP contribution is -2.28. The van der Waals surface area contributed by atoms with Gasteiger partial charge in [0.2, 0.25) is 0 Å². The summed E-state index contributed by atoms with van der Waals surface area (Å²) in [5.41, 5.74) is 6.36. The number of para-hydroxylation sites is 1. The zero-order valence-corrected chi connectivity index (χ0v) is 13.2. The monoisotopic (exact) mass is 285 g/mol. The van der Waals surface area contributed by atoms with Crippen molar-refractivity contribution in [3.05, 3.63) is 58.1 Å². The average molecular weight is 286 g/mol. The molecule has 0 aromatic heterocycles. The Morgan fingerprint density at radius 3 is 2.45 bits per heavy atom. The first-order valence-electron chi connectivity index (χ1n) is 7.11. The molecule has 0 bridgehead atoms. The Balaban J connectivity index is 2.31. The van der Waals surface area contributed by atoms with E-state index in [2.05, 4.69) is 63.3 Å². The van der Waals surface area contributed by atoms with E-state index >= 15 is 0 Å². The number of rotatable bonds is 1. The molecule has 1 N–H and O–H groups in total. The third-order valence-electron chi connectivity index (χ3n) is 4.25. The Bertz CT molecular complexity index is 671. The van der Waals surface area contributed by atoms with E-state index in [1.54, 1.807) is 0 Å². The van der Waals surface area contributed by atoms with Gasteiger partial charge in [-0.05, 0) is 40.8 Å². The molecule has 0 spiro atoms. The van der Waals surface area contributed by atoms with E-state index < -0.39 is 0 Å². The molecule has 0 unspecified atom stereocenters. The number of benzene rings is 2. The van der Waals surface area contributed by atoms with Crippen molar-refractivity contribution < 1.29 is 0 Å². The topological polar surface area (TPSA) is 12.0 Å². The molecule has 3 rings (SSSR count). The summed E-state index contributed by atoms with van der Waals surface area (Å²) in [6.07, 6.45) is 0. The van der Waals surface area contributed by atoms with Gasteiger partial charge in [0.25, 0.3) is 0 Å². The molecule has 0 atom stereocenters. The normalized spacial score (nSPS) is 15.5. The van der Waals surface area contributed by atoms with E-state index in [1.807, 2.05) is 6.07 Å². The van der Waals surface area contributed by atoms with E-state index in [1.165, 1.54) is 22.4 Å². The van der Waals surface area contributed by atoms with Crippen LogP contribution in [0.3, 0.4) is 0 Å². The lowest BCUT2D eigenvalue weighted by molar-refractivity contribution is 0.621. The van der Waals surface area contributed by atoms with Gasteiger partial charge >= 0.3 is 0 Å². The maximum atomic E-state index is 6.31. The highest BCUT2D eigenvalue weighted by atomic mass is 35.5. The number of nitrogens with one attached hydrogen (secondary N) is 1. The van der Waals surface area contributed by atoms with Gasteiger partial charge in [-0.1, -0.05) is 57.5 Å². The first-order chi connectivity index (χ1) is 9.41. The van der Waals surface area contributed by atoms with Crippen molar-refractivity contribution in [2.45, 2.75) is 39.0 Å². The zero-order valence-electron chi connectivity index (χ0n) is 12.4. The quantitative estimate of drug-likeness (QED) is 0.693. The van der Waals surface area contributed by atoms with Crippen LogP contribution >= 0.6 is 11.6 Å². The Labute approximate surface area is 126 Å². The summed E-state index contributed by atoms with van der Waals surface area (Å²) in [6.45, 7) is 9.04. The summed E-state index contributed by atoms with van der Waals surface area (Å²) >= 11 is 6.31. The molecule has 0 saturated heterocycles. The zero-order chi connectivity index (χ0) is 14.5. The summed E-state index contributed by atoms with van der Waals surface area (Å²) in [5, 5.41) is 4.35. The second-order valence-corrected chi connectivity index (χ2v) is 6.80. The summed E-state index contributed by atoms with van der Waals surface area (Å²) in [5.74, 6) is 0.453. The SMILES string of the molecule is CC(C)c1cc(Cl)cc2c1C(C)(C)c1ccccc1N2. The Morgan fingerprint density at radius 1 is 1.05 bits per heavy atom. The van der Waals surface area contributed by atoms with Gasteiger partial charge in [0.05, 0.1) is 0 Å². The van der Waals surface area contributed by atoms with Crippen molar-refractivity contribution in [1.82, 2.24) is 0 Å². The van der Waals surface area contributed by atoms with E-state index in [0.29, 0.717) is 5.92 Å². The lowest BCUT2D eigenvalue weighted by Gasteiger charge is -2.38. The van der Waals surface area contributed by atoms with Crippen molar-refractivity contribution in [1.29, 1.82) is 0 Å². The van der Waals surface area contributed by atoms with Crippen molar-refractivity contribution in [3.63, 3.8) is 0 Å². The average Bonchev–Trinajstić information content (AvgIpc) is 2.37. The first kappa shape index (κ1) is 13.5. The molecule has 0 aliphatic carbocycles. The number of hydrogen-bond acceptors (Lipinski definition) is 1. The van der Waals surface area contributed by atoms with Crippen molar-refractivity contribution in [2.24, 2.45) is 0 Å². The number of hydrogen-bond donors (Lipinski definition) is 1. The van der Waals surface area contributed by atoms with Crippen molar-refractivity contribution >= 4 is 23.0 Å². The molecule has 0 amide bonds. The molecule has 20 heavy (non-hydrogen) atoms. The maximum Gasteiger partial charge on any atom is 0.0443 e. The molecule has 1 aliphatic rings. The van der Waals surface area contributed by atoms with E-state index in [0.717, 1.165) is 10.7 Å². The molecule has 0 fully saturated rings. The van der Waals surface area contributed by atoms with Gasteiger partial charge in [-0.25, -0.2) is 0 Å². The predicted octanol–water partition coefficient (Wildman–Crippen LogP) is 5.85. The van der Waals surface area contributed by atoms with Crippen LogP contribution in [0.5, 0.6) is 0 Å². The third-order valence-corrected chi connectivity index (χ3v) is 4.47. The molecular formula is C18H20ClN. The number of anilines is 2. The summed E-state index contributed by atoms with van der Waals surface area (Å²) in [6, 6.07) is 12.7. The van der Waals surface area contributed by atoms with Crippen molar-refractivity contribution in [3.8, 4) is 0 Å². The molecule has 0 radical (unpaired) electrons. The molecule has 0 saturated carbocycles. The Hall–Kier alpha value is -1.47. The first-order valence-corrected chi connectivity index (χ1v) is 7.49. The highest BCUT2D eigenvalue weighted by Gasteiger charge is 2.35. The fourth-order valence-corrected chi connectivity index (χ4v) is 3.52. The van der Waals surface area contributed by atoms with E-state index in [9.17, 15) is 0 Å². The van der Waals surface area contributed by atoms with Crippen LogP contribution in [0.2, 0.25) is 5.02 Å².